The molecule has 0 aliphatic carbocycles. The van der Waals surface area contributed by atoms with E-state index in [2.05, 4.69) is 21.2 Å². The van der Waals surface area contributed by atoms with Gasteiger partial charge in [-0.15, -0.1) is 0 Å². The molecule has 4 nitrogen and oxygen atoms in total. The van der Waals surface area contributed by atoms with Gasteiger partial charge in [0, 0.05) is 10.7 Å². The summed E-state index contributed by atoms with van der Waals surface area (Å²) in [5.41, 5.74) is 0.630. The Bertz CT molecular complexity index is 649. The molecule has 0 saturated heterocycles. The van der Waals surface area contributed by atoms with Gasteiger partial charge in [-0.05, 0) is 52.3 Å². The average molecular weight is 371 g/mol. The van der Waals surface area contributed by atoms with Crippen LogP contribution in [-0.4, -0.2) is 19.6 Å². The highest BCUT2D eigenvalue weighted by atomic mass is 79.9. The van der Waals surface area contributed by atoms with Crippen molar-refractivity contribution in [2.45, 2.75) is 0 Å². The summed E-state index contributed by atoms with van der Waals surface area (Å²) in [6.07, 6.45) is 0. The smallest absolute Gasteiger partial charge is 0.262 e. The normalized spacial score (nSPS) is 10.0. The van der Waals surface area contributed by atoms with Gasteiger partial charge in [0.25, 0.3) is 5.91 Å². The van der Waals surface area contributed by atoms with E-state index in [0.717, 1.165) is 4.47 Å². The molecule has 0 aliphatic rings. The molecule has 0 aliphatic heterocycles. The molecule has 0 heterocycles. The fraction of sp³-hybridized carbons (Fsp3) is 0.133. The van der Waals surface area contributed by atoms with Gasteiger partial charge in [0.15, 0.2) is 6.61 Å². The summed E-state index contributed by atoms with van der Waals surface area (Å²) in [5.74, 6) is 1.01. The van der Waals surface area contributed by atoms with Crippen molar-refractivity contribution < 1.29 is 14.3 Å². The predicted octanol–water partition coefficient (Wildman–Crippen LogP) is 4.13. The van der Waals surface area contributed by atoms with Gasteiger partial charge in [-0.25, -0.2) is 0 Å². The van der Waals surface area contributed by atoms with Crippen molar-refractivity contribution in [3.63, 3.8) is 0 Å². The van der Waals surface area contributed by atoms with Gasteiger partial charge >= 0.3 is 0 Å². The molecular formula is C15H13BrClNO3. The van der Waals surface area contributed by atoms with E-state index >= 15 is 0 Å². The zero-order valence-electron chi connectivity index (χ0n) is 11.2. The highest BCUT2D eigenvalue weighted by Gasteiger charge is 2.07. The second-order valence-electron chi connectivity index (χ2n) is 4.14. The Morgan fingerprint density at radius 3 is 2.76 bits per heavy atom. The number of rotatable bonds is 5. The fourth-order valence-corrected chi connectivity index (χ4v) is 2.29. The van der Waals surface area contributed by atoms with E-state index in [0.29, 0.717) is 22.2 Å². The quantitative estimate of drug-likeness (QED) is 0.861. The molecule has 0 spiro atoms. The third kappa shape index (κ3) is 4.65. The molecule has 0 saturated carbocycles. The lowest BCUT2D eigenvalue weighted by molar-refractivity contribution is -0.118. The SMILES string of the molecule is COc1ccc(OCC(=O)Nc2cccc(Cl)c2)c(Br)c1. The van der Waals surface area contributed by atoms with Crippen molar-refractivity contribution in [2.24, 2.45) is 0 Å². The van der Waals surface area contributed by atoms with E-state index in [-0.39, 0.29) is 12.5 Å². The Kier molecular flexibility index (Phi) is 5.47. The Morgan fingerprint density at radius 1 is 1.29 bits per heavy atom. The van der Waals surface area contributed by atoms with Gasteiger partial charge in [0.1, 0.15) is 11.5 Å². The highest BCUT2D eigenvalue weighted by molar-refractivity contribution is 9.10. The fourth-order valence-electron chi connectivity index (χ4n) is 1.63. The molecule has 1 amide bonds. The number of nitrogens with one attached hydrogen (secondary N) is 1. The minimum absolute atomic E-state index is 0.0998. The second-order valence-corrected chi connectivity index (χ2v) is 5.43. The Balaban J connectivity index is 1.92. The summed E-state index contributed by atoms with van der Waals surface area (Å²) in [6.45, 7) is -0.0998. The Morgan fingerprint density at radius 2 is 2.10 bits per heavy atom. The first kappa shape index (κ1) is 15.7. The van der Waals surface area contributed by atoms with Crippen LogP contribution in [0.3, 0.4) is 0 Å². The van der Waals surface area contributed by atoms with Gasteiger partial charge < -0.3 is 14.8 Å². The van der Waals surface area contributed by atoms with Crippen LogP contribution in [0, 0.1) is 0 Å². The van der Waals surface area contributed by atoms with Crippen LogP contribution >= 0.6 is 27.5 Å². The number of halogens is 2. The van der Waals surface area contributed by atoms with E-state index < -0.39 is 0 Å². The largest absolute Gasteiger partial charge is 0.497 e. The van der Waals surface area contributed by atoms with E-state index in [4.69, 9.17) is 21.1 Å². The van der Waals surface area contributed by atoms with Crippen LogP contribution < -0.4 is 14.8 Å². The molecule has 2 aromatic carbocycles. The molecule has 2 rings (SSSR count). The minimum atomic E-state index is -0.264. The first-order valence-electron chi connectivity index (χ1n) is 6.10. The van der Waals surface area contributed by atoms with Crippen LogP contribution in [0.25, 0.3) is 0 Å². The number of methoxy groups -OCH3 is 1. The third-order valence-electron chi connectivity index (χ3n) is 2.61. The van der Waals surface area contributed by atoms with Crippen molar-refractivity contribution in [3.8, 4) is 11.5 Å². The summed E-state index contributed by atoms with van der Waals surface area (Å²) in [4.78, 5) is 11.8. The molecule has 0 unspecified atom stereocenters. The molecule has 0 atom stereocenters. The van der Waals surface area contributed by atoms with Gasteiger partial charge in [-0.3, -0.25) is 4.79 Å². The summed E-state index contributed by atoms with van der Waals surface area (Å²) >= 11 is 9.21. The molecule has 0 aromatic heterocycles. The van der Waals surface area contributed by atoms with Crippen molar-refractivity contribution in [2.75, 3.05) is 19.0 Å². The molecule has 0 fully saturated rings. The maximum atomic E-state index is 11.8. The first-order valence-corrected chi connectivity index (χ1v) is 7.27. The third-order valence-corrected chi connectivity index (χ3v) is 3.46. The molecule has 2 aromatic rings. The highest BCUT2D eigenvalue weighted by Crippen LogP contribution is 2.29. The van der Waals surface area contributed by atoms with E-state index in [9.17, 15) is 4.79 Å². The summed E-state index contributed by atoms with van der Waals surface area (Å²) in [5, 5.41) is 3.27. The Hall–Kier alpha value is -1.72. The monoisotopic (exact) mass is 369 g/mol. The van der Waals surface area contributed by atoms with Crippen molar-refractivity contribution in [1.82, 2.24) is 0 Å². The summed E-state index contributed by atoms with van der Waals surface area (Å²) < 4.78 is 11.3. The lowest BCUT2D eigenvalue weighted by atomic mass is 10.3. The van der Waals surface area contributed by atoms with Gasteiger partial charge in [-0.2, -0.15) is 0 Å². The average Bonchev–Trinajstić information content (AvgIpc) is 2.46. The standard InChI is InChI=1S/C15H13BrClNO3/c1-20-12-5-6-14(13(16)8-12)21-9-15(19)18-11-4-2-3-10(17)7-11/h2-8H,9H2,1H3,(H,18,19). The lowest BCUT2D eigenvalue weighted by Gasteiger charge is -2.10. The number of anilines is 1. The second kappa shape index (κ2) is 7.33. The molecule has 21 heavy (non-hydrogen) atoms. The van der Waals surface area contributed by atoms with Gasteiger partial charge in [-0.1, -0.05) is 17.7 Å². The van der Waals surface area contributed by atoms with E-state index in [1.165, 1.54) is 0 Å². The van der Waals surface area contributed by atoms with Crippen molar-refractivity contribution in [3.05, 3.63) is 52.0 Å². The zero-order chi connectivity index (χ0) is 15.2. The molecule has 110 valence electrons. The maximum Gasteiger partial charge on any atom is 0.262 e. The molecule has 1 N–H and O–H groups in total. The van der Waals surface area contributed by atoms with Gasteiger partial charge in [0.2, 0.25) is 0 Å². The summed E-state index contributed by atoms with van der Waals surface area (Å²) in [7, 11) is 1.58. The number of hydrogen-bond donors (Lipinski definition) is 1. The summed E-state index contributed by atoms with van der Waals surface area (Å²) in [6, 6.07) is 12.2. The number of benzene rings is 2. The predicted molar refractivity (Wildman–Crippen MR) is 86.3 cm³/mol. The molecular weight excluding hydrogens is 358 g/mol. The van der Waals surface area contributed by atoms with Gasteiger partial charge in [0.05, 0.1) is 11.6 Å². The number of ether oxygens (including phenoxy) is 2. The number of amides is 1. The topological polar surface area (TPSA) is 47.6 Å². The number of carbonyl (C=O) groups excluding carboxylic acids is 1. The maximum absolute atomic E-state index is 11.8. The van der Waals surface area contributed by atoms with Crippen LogP contribution in [0.1, 0.15) is 0 Å². The Labute approximate surface area is 136 Å². The first-order chi connectivity index (χ1) is 10.1. The van der Waals surface area contributed by atoms with E-state index in [1.54, 1.807) is 49.6 Å². The van der Waals surface area contributed by atoms with Crippen LogP contribution in [0.5, 0.6) is 11.5 Å². The van der Waals surface area contributed by atoms with Crippen LogP contribution in [0.4, 0.5) is 5.69 Å². The van der Waals surface area contributed by atoms with Crippen LogP contribution in [0.15, 0.2) is 46.9 Å². The zero-order valence-corrected chi connectivity index (χ0v) is 13.6. The molecule has 6 heteroatoms. The van der Waals surface area contributed by atoms with Crippen LogP contribution in [0.2, 0.25) is 5.02 Å². The lowest BCUT2D eigenvalue weighted by Crippen LogP contribution is -2.20. The van der Waals surface area contributed by atoms with E-state index in [1.807, 2.05) is 0 Å². The van der Waals surface area contributed by atoms with Crippen molar-refractivity contribution in [1.29, 1.82) is 0 Å². The minimum Gasteiger partial charge on any atom is -0.497 e. The van der Waals surface area contributed by atoms with Crippen LogP contribution in [-0.2, 0) is 4.79 Å². The number of carbonyl (C=O) groups is 1. The molecule has 0 bridgehead atoms. The van der Waals surface area contributed by atoms with Crippen molar-refractivity contribution >= 4 is 39.1 Å². The molecule has 0 radical (unpaired) electrons. The number of hydrogen-bond acceptors (Lipinski definition) is 3.